The van der Waals surface area contributed by atoms with Gasteiger partial charge >= 0.3 is 0 Å². The van der Waals surface area contributed by atoms with Gasteiger partial charge in [-0.1, -0.05) is 25.1 Å². The molecule has 1 aromatic rings. The van der Waals surface area contributed by atoms with E-state index in [4.69, 9.17) is 5.73 Å². The van der Waals surface area contributed by atoms with E-state index in [1.807, 2.05) is 0 Å². The van der Waals surface area contributed by atoms with Crippen LogP contribution in [0.2, 0.25) is 0 Å². The van der Waals surface area contributed by atoms with Crippen LogP contribution < -0.4 is 5.73 Å². The molecule has 1 aliphatic rings. The first-order chi connectivity index (χ1) is 6.33. The molecule has 1 atom stereocenters. The second-order valence-electron chi connectivity index (χ2n) is 3.98. The van der Waals surface area contributed by atoms with Gasteiger partial charge < -0.3 is 5.73 Å². The molecule has 0 amide bonds. The topological polar surface area (TPSA) is 26.0 Å². The molecule has 1 unspecified atom stereocenters. The summed E-state index contributed by atoms with van der Waals surface area (Å²) in [4.78, 5) is 0. The van der Waals surface area contributed by atoms with Crippen molar-refractivity contribution in [3.63, 3.8) is 0 Å². The molecule has 70 valence electrons. The molecule has 1 nitrogen and oxygen atoms in total. The Hall–Kier alpha value is -0.820. The molecule has 1 aromatic carbocycles. The summed E-state index contributed by atoms with van der Waals surface area (Å²) in [5.41, 5.74) is 10.3. The third-order valence-electron chi connectivity index (χ3n) is 3.07. The molecule has 0 bridgehead atoms. The van der Waals surface area contributed by atoms with Crippen LogP contribution in [0, 0.1) is 0 Å². The van der Waals surface area contributed by atoms with Crippen LogP contribution in [-0.4, -0.2) is 6.54 Å². The number of aryl methyl sites for hydroxylation is 1. The number of fused-ring (bicyclic) bond motifs is 1. The zero-order chi connectivity index (χ0) is 9.26. The zero-order valence-corrected chi connectivity index (χ0v) is 8.22. The highest BCUT2D eigenvalue weighted by atomic mass is 14.5. The highest BCUT2D eigenvalue weighted by molar-refractivity contribution is 5.40. The second kappa shape index (κ2) is 3.51. The maximum atomic E-state index is 5.70. The lowest BCUT2D eigenvalue weighted by atomic mass is 9.93. The van der Waals surface area contributed by atoms with Crippen LogP contribution in [0.5, 0.6) is 0 Å². The summed E-state index contributed by atoms with van der Waals surface area (Å²) in [7, 11) is 0. The summed E-state index contributed by atoms with van der Waals surface area (Å²) in [5.74, 6) is 0.521. The smallest absolute Gasteiger partial charge is 0.00108 e. The van der Waals surface area contributed by atoms with Crippen LogP contribution in [0.4, 0.5) is 0 Å². The van der Waals surface area contributed by atoms with Crippen molar-refractivity contribution in [3.05, 3.63) is 34.9 Å². The molecule has 0 saturated carbocycles. The van der Waals surface area contributed by atoms with Gasteiger partial charge in [-0.3, -0.25) is 0 Å². The number of rotatable bonds is 2. The number of hydrogen-bond donors (Lipinski definition) is 1. The SMILES string of the molecule is CC(CN)c1cccc2c1CCC2. The Labute approximate surface area is 80.0 Å². The lowest BCUT2D eigenvalue weighted by molar-refractivity contribution is 0.761. The van der Waals surface area contributed by atoms with Gasteiger partial charge in [-0.2, -0.15) is 0 Å². The first kappa shape index (κ1) is 8.76. The van der Waals surface area contributed by atoms with Crippen LogP contribution in [0.25, 0.3) is 0 Å². The molecule has 0 radical (unpaired) electrons. The quantitative estimate of drug-likeness (QED) is 0.733. The predicted octanol–water partition coefficient (Wildman–Crippen LogP) is 2.24. The number of hydrogen-bond acceptors (Lipinski definition) is 1. The van der Waals surface area contributed by atoms with Crippen molar-refractivity contribution in [1.82, 2.24) is 0 Å². The van der Waals surface area contributed by atoms with Gasteiger partial charge in [0.15, 0.2) is 0 Å². The molecule has 0 aromatic heterocycles. The summed E-state index contributed by atoms with van der Waals surface area (Å²) < 4.78 is 0. The summed E-state index contributed by atoms with van der Waals surface area (Å²) in [5, 5.41) is 0. The molecular formula is C12H17N. The van der Waals surface area contributed by atoms with E-state index in [0.717, 1.165) is 6.54 Å². The highest BCUT2D eigenvalue weighted by Gasteiger charge is 2.16. The molecule has 0 fully saturated rings. The van der Waals surface area contributed by atoms with Crippen molar-refractivity contribution in [2.75, 3.05) is 6.54 Å². The van der Waals surface area contributed by atoms with Gasteiger partial charge in [0, 0.05) is 0 Å². The fourth-order valence-electron chi connectivity index (χ4n) is 2.24. The highest BCUT2D eigenvalue weighted by Crippen LogP contribution is 2.29. The fraction of sp³-hybridized carbons (Fsp3) is 0.500. The summed E-state index contributed by atoms with van der Waals surface area (Å²) >= 11 is 0. The molecule has 13 heavy (non-hydrogen) atoms. The van der Waals surface area contributed by atoms with Gasteiger partial charge in [-0.15, -0.1) is 0 Å². The number of nitrogens with two attached hydrogens (primary N) is 1. The lowest BCUT2D eigenvalue weighted by Gasteiger charge is -2.13. The van der Waals surface area contributed by atoms with E-state index in [1.54, 1.807) is 11.1 Å². The van der Waals surface area contributed by atoms with Gasteiger partial charge in [0.05, 0.1) is 0 Å². The molecule has 0 heterocycles. The van der Waals surface area contributed by atoms with E-state index in [0.29, 0.717) is 5.92 Å². The molecular weight excluding hydrogens is 158 g/mol. The van der Waals surface area contributed by atoms with Gasteiger partial charge in [0.1, 0.15) is 0 Å². The Morgan fingerprint density at radius 1 is 1.38 bits per heavy atom. The van der Waals surface area contributed by atoms with Crippen molar-refractivity contribution in [2.24, 2.45) is 5.73 Å². The lowest BCUT2D eigenvalue weighted by Crippen LogP contribution is -2.10. The van der Waals surface area contributed by atoms with Crippen LogP contribution in [-0.2, 0) is 12.8 Å². The fourth-order valence-corrected chi connectivity index (χ4v) is 2.24. The Morgan fingerprint density at radius 2 is 2.23 bits per heavy atom. The van der Waals surface area contributed by atoms with Crippen LogP contribution >= 0.6 is 0 Å². The zero-order valence-electron chi connectivity index (χ0n) is 8.22. The van der Waals surface area contributed by atoms with E-state index in [9.17, 15) is 0 Å². The van der Waals surface area contributed by atoms with E-state index in [1.165, 1.54) is 24.8 Å². The van der Waals surface area contributed by atoms with Gasteiger partial charge in [0.25, 0.3) is 0 Å². The van der Waals surface area contributed by atoms with E-state index < -0.39 is 0 Å². The maximum absolute atomic E-state index is 5.70. The van der Waals surface area contributed by atoms with E-state index in [2.05, 4.69) is 25.1 Å². The molecule has 2 N–H and O–H groups in total. The van der Waals surface area contributed by atoms with E-state index in [-0.39, 0.29) is 0 Å². The molecule has 0 saturated heterocycles. The van der Waals surface area contributed by atoms with Crippen molar-refractivity contribution in [2.45, 2.75) is 32.1 Å². The Bertz CT molecular complexity index is 304. The third kappa shape index (κ3) is 1.49. The average Bonchev–Trinajstić information content (AvgIpc) is 2.63. The average molecular weight is 175 g/mol. The third-order valence-corrected chi connectivity index (χ3v) is 3.07. The Balaban J connectivity index is 2.41. The minimum atomic E-state index is 0.521. The Kier molecular flexibility index (Phi) is 2.36. The van der Waals surface area contributed by atoms with E-state index >= 15 is 0 Å². The van der Waals surface area contributed by atoms with Gasteiger partial charge in [-0.25, -0.2) is 0 Å². The second-order valence-corrected chi connectivity index (χ2v) is 3.98. The monoisotopic (exact) mass is 175 g/mol. The predicted molar refractivity (Wildman–Crippen MR) is 55.9 cm³/mol. The van der Waals surface area contributed by atoms with Crippen molar-refractivity contribution in [3.8, 4) is 0 Å². The summed E-state index contributed by atoms with van der Waals surface area (Å²) in [6.45, 7) is 2.98. The largest absolute Gasteiger partial charge is 0.330 e. The van der Waals surface area contributed by atoms with Crippen molar-refractivity contribution >= 4 is 0 Å². The molecule has 2 rings (SSSR count). The van der Waals surface area contributed by atoms with Gasteiger partial charge in [0.2, 0.25) is 0 Å². The first-order valence-electron chi connectivity index (χ1n) is 5.13. The van der Waals surface area contributed by atoms with Crippen LogP contribution in [0.1, 0.15) is 36.0 Å². The minimum absolute atomic E-state index is 0.521. The summed E-state index contributed by atoms with van der Waals surface area (Å²) in [6, 6.07) is 6.67. The molecule has 0 spiro atoms. The van der Waals surface area contributed by atoms with Crippen molar-refractivity contribution < 1.29 is 0 Å². The number of benzene rings is 1. The van der Waals surface area contributed by atoms with Crippen LogP contribution in [0.15, 0.2) is 18.2 Å². The molecule has 1 aliphatic carbocycles. The molecule has 0 aliphatic heterocycles. The Morgan fingerprint density at radius 3 is 3.00 bits per heavy atom. The minimum Gasteiger partial charge on any atom is -0.330 e. The van der Waals surface area contributed by atoms with Crippen LogP contribution in [0.3, 0.4) is 0 Å². The summed E-state index contributed by atoms with van der Waals surface area (Å²) in [6.07, 6.45) is 3.85. The maximum Gasteiger partial charge on any atom is -0.00108 e. The van der Waals surface area contributed by atoms with Crippen molar-refractivity contribution in [1.29, 1.82) is 0 Å². The molecule has 1 heteroatoms. The first-order valence-corrected chi connectivity index (χ1v) is 5.13. The van der Waals surface area contributed by atoms with Gasteiger partial charge in [-0.05, 0) is 48.4 Å². The normalized spacial score (nSPS) is 17.1. The standard InChI is InChI=1S/C12H17N/c1-9(8-13)11-6-2-4-10-5-3-7-12(10)11/h2,4,6,9H,3,5,7-8,13H2,1H3.